The van der Waals surface area contributed by atoms with Gasteiger partial charge in [0.2, 0.25) is 0 Å². The van der Waals surface area contributed by atoms with Crippen LogP contribution < -0.4 is 10.6 Å². The second-order valence-electron chi connectivity index (χ2n) is 6.91. The van der Waals surface area contributed by atoms with Gasteiger partial charge in [0.25, 0.3) is 0 Å². The predicted molar refractivity (Wildman–Crippen MR) is 106 cm³/mol. The van der Waals surface area contributed by atoms with Gasteiger partial charge in [0.1, 0.15) is 0 Å². The van der Waals surface area contributed by atoms with Crippen LogP contribution in [0.3, 0.4) is 0 Å². The van der Waals surface area contributed by atoms with E-state index in [0.717, 1.165) is 29.7 Å². The molecule has 6 heteroatoms. The van der Waals surface area contributed by atoms with Gasteiger partial charge in [-0.2, -0.15) is 9.78 Å². The minimum atomic E-state index is -0.209. The largest absolute Gasteiger partial charge is 0.374 e. The Bertz CT molecular complexity index is 1220. The molecule has 3 aromatic heterocycles. The maximum Gasteiger partial charge on any atom is 0.355 e. The molecule has 0 bridgehead atoms. The van der Waals surface area contributed by atoms with Crippen LogP contribution in [-0.4, -0.2) is 32.8 Å². The third-order valence-corrected chi connectivity index (χ3v) is 5.37. The van der Waals surface area contributed by atoms with E-state index >= 15 is 0 Å². The maximum absolute atomic E-state index is 13.1. The van der Waals surface area contributed by atoms with Crippen molar-refractivity contribution in [3.05, 3.63) is 76.6 Å². The SMILES string of the molecule is Cc1c(-c2cccc3c2CCN3C)cc2cnn(-c3ccccn3)c(=O)n12. The quantitative estimate of drug-likeness (QED) is 0.554. The van der Waals surface area contributed by atoms with Gasteiger partial charge >= 0.3 is 5.69 Å². The fourth-order valence-electron chi connectivity index (χ4n) is 4.00. The lowest BCUT2D eigenvalue weighted by atomic mass is 9.98. The third kappa shape index (κ3) is 2.30. The van der Waals surface area contributed by atoms with Crippen molar-refractivity contribution in [1.82, 2.24) is 19.2 Å². The Labute approximate surface area is 156 Å². The molecule has 0 radical (unpaired) electrons. The van der Waals surface area contributed by atoms with Crippen LogP contribution in [0, 0.1) is 6.92 Å². The minimum Gasteiger partial charge on any atom is -0.374 e. The first-order valence-electron chi connectivity index (χ1n) is 9.00. The highest BCUT2D eigenvalue weighted by Crippen LogP contribution is 2.37. The van der Waals surface area contributed by atoms with Crippen LogP contribution in [0.1, 0.15) is 11.3 Å². The summed E-state index contributed by atoms with van der Waals surface area (Å²) in [6.45, 7) is 3.01. The van der Waals surface area contributed by atoms with Crippen LogP contribution in [0.25, 0.3) is 22.5 Å². The van der Waals surface area contributed by atoms with Crippen molar-refractivity contribution >= 4 is 11.2 Å². The van der Waals surface area contributed by atoms with E-state index in [0.29, 0.717) is 5.82 Å². The topological polar surface area (TPSA) is 55.4 Å². The Morgan fingerprint density at radius 3 is 2.78 bits per heavy atom. The van der Waals surface area contributed by atoms with Crippen LogP contribution in [-0.2, 0) is 6.42 Å². The Hall–Kier alpha value is -3.41. The summed E-state index contributed by atoms with van der Waals surface area (Å²) in [5.41, 5.74) is 6.40. The monoisotopic (exact) mass is 357 g/mol. The summed E-state index contributed by atoms with van der Waals surface area (Å²) >= 11 is 0. The molecule has 0 aliphatic carbocycles. The molecular weight excluding hydrogens is 338 g/mol. The molecule has 0 saturated carbocycles. The van der Waals surface area contributed by atoms with Gasteiger partial charge in [-0.3, -0.25) is 4.40 Å². The number of anilines is 1. The zero-order valence-corrected chi connectivity index (χ0v) is 15.3. The highest BCUT2D eigenvalue weighted by molar-refractivity contribution is 5.81. The summed E-state index contributed by atoms with van der Waals surface area (Å²) in [4.78, 5) is 19.6. The first-order chi connectivity index (χ1) is 13.1. The lowest BCUT2D eigenvalue weighted by Gasteiger charge is -2.13. The van der Waals surface area contributed by atoms with E-state index in [1.54, 1.807) is 22.9 Å². The first kappa shape index (κ1) is 15.8. The molecule has 4 heterocycles. The molecule has 1 aliphatic heterocycles. The van der Waals surface area contributed by atoms with E-state index in [-0.39, 0.29) is 5.69 Å². The van der Waals surface area contributed by atoms with Crippen molar-refractivity contribution in [2.24, 2.45) is 0 Å². The lowest BCUT2D eigenvalue weighted by Crippen LogP contribution is -2.28. The molecule has 1 aromatic carbocycles. The predicted octanol–water partition coefficient (Wildman–Crippen LogP) is 2.85. The number of likely N-dealkylation sites (N-methyl/N-ethyl adjacent to an activating group) is 1. The van der Waals surface area contributed by atoms with Crippen LogP contribution in [0.4, 0.5) is 5.69 Å². The highest BCUT2D eigenvalue weighted by Gasteiger charge is 2.22. The fourth-order valence-corrected chi connectivity index (χ4v) is 4.00. The number of rotatable bonds is 2. The van der Waals surface area contributed by atoms with Gasteiger partial charge in [-0.1, -0.05) is 18.2 Å². The molecule has 6 nitrogen and oxygen atoms in total. The molecule has 134 valence electrons. The average Bonchev–Trinajstić information content (AvgIpc) is 3.24. The van der Waals surface area contributed by atoms with E-state index < -0.39 is 0 Å². The Morgan fingerprint density at radius 2 is 1.96 bits per heavy atom. The molecule has 0 spiro atoms. The average molecular weight is 357 g/mol. The molecule has 0 fully saturated rings. The van der Waals surface area contributed by atoms with Crippen molar-refractivity contribution in [2.45, 2.75) is 13.3 Å². The minimum absolute atomic E-state index is 0.209. The zero-order valence-electron chi connectivity index (χ0n) is 15.3. The molecule has 4 aromatic rings. The number of nitrogens with zero attached hydrogens (tertiary/aromatic N) is 5. The first-order valence-corrected chi connectivity index (χ1v) is 9.00. The van der Waals surface area contributed by atoms with E-state index in [9.17, 15) is 4.79 Å². The Kier molecular flexibility index (Phi) is 3.40. The van der Waals surface area contributed by atoms with Gasteiger partial charge < -0.3 is 4.90 Å². The maximum atomic E-state index is 13.1. The van der Waals surface area contributed by atoms with Gasteiger partial charge in [0.15, 0.2) is 5.82 Å². The third-order valence-electron chi connectivity index (χ3n) is 5.37. The number of pyridine rings is 1. The Balaban J connectivity index is 1.75. The van der Waals surface area contributed by atoms with Gasteiger partial charge in [0.05, 0.1) is 11.7 Å². The number of aryl methyl sites for hydroxylation is 1. The molecule has 0 N–H and O–H groups in total. The van der Waals surface area contributed by atoms with Crippen molar-refractivity contribution in [3.63, 3.8) is 0 Å². The summed E-state index contributed by atoms with van der Waals surface area (Å²) in [6.07, 6.45) is 4.40. The molecule has 5 rings (SSSR count). The summed E-state index contributed by atoms with van der Waals surface area (Å²) < 4.78 is 3.06. The summed E-state index contributed by atoms with van der Waals surface area (Å²) in [5, 5.41) is 4.32. The van der Waals surface area contributed by atoms with Gasteiger partial charge in [0, 0.05) is 36.7 Å². The lowest BCUT2D eigenvalue weighted by molar-refractivity contribution is 0.726. The van der Waals surface area contributed by atoms with Crippen LogP contribution >= 0.6 is 0 Å². The standard InChI is InChI=1S/C21H19N5O/c1-14-18(16-6-5-7-19-17(16)9-11-24(19)2)12-15-13-23-26(21(27)25(14)15)20-8-3-4-10-22-20/h3-8,10,12-13H,9,11H2,1-2H3. The molecule has 1 aliphatic rings. The summed E-state index contributed by atoms with van der Waals surface area (Å²) in [6, 6.07) is 13.9. The molecule has 27 heavy (non-hydrogen) atoms. The second kappa shape index (κ2) is 5.81. The van der Waals surface area contributed by atoms with E-state index in [1.807, 2.05) is 19.1 Å². The van der Waals surface area contributed by atoms with Crippen molar-refractivity contribution < 1.29 is 0 Å². The van der Waals surface area contributed by atoms with Crippen molar-refractivity contribution in [1.29, 1.82) is 0 Å². The Morgan fingerprint density at radius 1 is 1.07 bits per heavy atom. The van der Waals surface area contributed by atoms with Crippen LogP contribution in [0.2, 0.25) is 0 Å². The zero-order chi connectivity index (χ0) is 18.5. The molecule has 0 unspecified atom stereocenters. The van der Waals surface area contributed by atoms with E-state index in [4.69, 9.17) is 0 Å². The van der Waals surface area contributed by atoms with Gasteiger partial charge in [-0.05, 0) is 48.7 Å². The number of fused-ring (bicyclic) bond motifs is 2. The van der Waals surface area contributed by atoms with E-state index in [2.05, 4.69) is 46.3 Å². The van der Waals surface area contributed by atoms with Crippen molar-refractivity contribution in [3.8, 4) is 16.9 Å². The number of benzene rings is 1. The number of hydrogen-bond acceptors (Lipinski definition) is 4. The van der Waals surface area contributed by atoms with E-state index in [1.165, 1.54) is 21.5 Å². The van der Waals surface area contributed by atoms with Gasteiger partial charge in [-0.15, -0.1) is 0 Å². The van der Waals surface area contributed by atoms with Gasteiger partial charge in [-0.25, -0.2) is 9.78 Å². The number of hydrogen-bond donors (Lipinski definition) is 0. The second-order valence-corrected chi connectivity index (χ2v) is 6.91. The van der Waals surface area contributed by atoms with Crippen LogP contribution in [0.5, 0.6) is 0 Å². The normalized spacial score (nSPS) is 13.3. The molecular formula is C21H19N5O. The van der Waals surface area contributed by atoms with Crippen molar-refractivity contribution in [2.75, 3.05) is 18.5 Å². The summed E-state index contributed by atoms with van der Waals surface area (Å²) in [5.74, 6) is 0.515. The fraction of sp³-hybridized carbons (Fsp3) is 0.190. The highest BCUT2D eigenvalue weighted by atomic mass is 16.2. The summed E-state index contributed by atoms with van der Waals surface area (Å²) in [7, 11) is 2.12. The molecule has 0 saturated heterocycles. The molecule has 0 amide bonds. The number of aromatic nitrogens is 4. The molecule has 0 atom stereocenters. The smallest absolute Gasteiger partial charge is 0.355 e. The van der Waals surface area contributed by atoms with Crippen LogP contribution in [0.15, 0.2) is 59.7 Å².